The lowest BCUT2D eigenvalue weighted by molar-refractivity contribution is -0.143. The lowest BCUT2D eigenvalue weighted by atomic mass is 9.93. The molecule has 0 saturated carbocycles. The molecule has 2 aliphatic heterocycles. The highest BCUT2D eigenvalue weighted by molar-refractivity contribution is 5.95. The smallest absolute Gasteiger partial charge is 0.338 e. The molecule has 3 aromatic rings. The third-order valence-corrected chi connectivity index (χ3v) is 6.08. The number of allylic oxidation sites excluding steroid dienone is 1. The van der Waals surface area contributed by atoms with Crippen LogP contribution in [0.15, 0.2) is 66.0 Å². The van der Waals surface area contributed by atoms with E-state index >= 15 is 0 Å². The van der Waals surface area contributed by atoms with Crippen LogP contribution in [0, 0.1) is 0 Å². The Hall–Kier alpha value is -4.07. The monoisotopic (exact) mass is 472 g/mol. The molecule has 5 rings (SSSR count). The van der Waals surface area contributed by atoms with Gasteiger partial charge in [0, 0.05) is 29.4 Å². The van der Waals surface area contributed by atoms with Crippen LogP contribution in [0.3, 0.4) is 0 Å². The van der Waals surface area contributed by atoms with Gasteiger partial charge in [-0.05, 0) is 63.6 Å². The molecule has 2 atom stereocenters. The van der Waals surface area contributed by atoms with Gasteiger partial charge in [-0.2, -0.15) is 5.10 Å². The SMILES string of the molecule is CC1=C(C(=O)OC(C)C)[C@H](c2cn(-c3ccccc3)nc2-c2ccc3c(c2)C[C@H](C)O3)NC(=O)N1. The minimum atomic E-state index is -0.731. The van der Waals surface area contributed by atoms with Gasteiger partial charge in [-0.1, -0.05) is 18.2 Å². The molecule has 3 heterocycles. The molecule has 0 unspecified atom stereocenters. The Balaban J connectivity index is 1.67. The number of hydrogen-bond acceptors (Lipinski definition) is 5. The van der Waals surface area contributed by atoms with Gasteiger partial charge in [0.1, 0.15) is 11.9 Å². The van der Waals surface area contributed by atoms with Crippen molar-refractivity contribution in [2.24, 2.45) is 0 Å². The number of hydrogen-bond donors (Lipinski definition) is 2. The number of rotatable bonds is 5. The Morgan fingerprint density at radius 3 is 2.71 bits per heavy atom. The number of benzene rings is 2. The van der Waals surface area contributed by atoms with Gasteiger partial charge in [-0.25, -0.2) is 14.3 Å². The van der Waals surface area contributed by atoms with E-state index in [1.165, 1.54) is 0 Å². The van der Waals surface area contributed by atoms with E-state index in [2.05, 4.69) is 16.7 Å². The second kappa shape index (κ2) is 8.94. The molecule has 0 saturated heterocycles. The van der Waals surface area contributed by atoms with Gasteiger partial charge in [-0.15, -0.1) is 0 Å². The van der Waals surface area contributed by atoms with Gasteiger partial charge in [0.15, 0.2) is 0 Å². The molecule has 0 spiro atoms. The summed E-state index contributed by atoms with van der Waals surface area (Å²) >= 11 is 0. The van der Waals surface area contributed by atoms with Gasteiger partial charge in [0.25, 0.3) is 0 Å². The number of para-hydroxylation sites is 1. The zero-order valence-electron chi connectivity index (χ0n) is 20.2. The number of carbonyl (C=O) groups is 2. The summed E-state index contributed by atoms with van der Waals surface area (Å²) in [7, 11) is 0. The Kier molecular flexibility index (Phi) is 5.80. The van der Waals surface area contributed by atoms with Crippen molar-refractivity contribution in [3.63, 3.8) is 0 Å². The molecule has 0 bridgehead atoms. The van der Waals surface area contributed by atoms with Crippen LogP contribution >= 0.6 is 0 Å². The van der Waals surface area contributed by atoms with Crippen LogP contribution in [0.5, 0.6) is 5.75 Å². The first-order chi connectivity index (χ1) is 16.8. The van der Waals surface area contributed by atoms with Crippen LogP contribution in [0.2, 0.25) is 0 Å². The summed E-state index contributed by atoms with van der Waals surface area (Å²) in [6, 6.07) is 14.6. The van der Waals surface area contributed by atoms with E-state index in [1.54, 1.807) is 25.5 Å². The van der Waals surface area contributed by atoms with E-state index in [0.29, 0.717) is 22.5 Å². The van der Waals surface area contributed by atoms with Gasteiger partial charge in [-0.3, -0.25) is 0 Å². The molecule has 35 heavy (non-hydrogen) atoms. The maximum Gasteiger partial charge on any atom is 0.338 e. The van der Waals surface area contributed by atoms with E-state index in [4.69, 9.17) is 14.6 Å². The minimum Gasteiger partial charge on any atom is -0.490 e. The Morgan fingerprint density at radius 2 is 1.97 bits per heavy atom. The van der Waals surface area contributed by atoms with Crippen LogP contribution in [0.1, 0.15) is 44.9 Å². The molecule has 2 amide bonds. The molecule has 2 N–H and O–H groups in total. The van der Waals surface area contributed by atoms with Crippen molar-refractivity contribution in [3.05, 3.63) is 77.1 Å². The number of nitrogens with one attached hydrogen (secondary N) is 2. The molecule has 8 heteroatoms. The van der Waals surface area contributed by atoms with Gasteiger partial charge in [0.05, 0.1) is 29.1 Å². The second-order valence-corrected chi connectivity index (χ2v) is 9.19. The Labute approximate surface area is 203 Å². The van der Waals surface area contributed by atoms with Crippen LogP contribution in [0.25, 0.3) is 16.9 Å². The average molecular weight is 473 g/mol. The standard InChI is InChI=1S/C27H28N4O4/c1-15(2)34-26(32)23-17(4)28-27(33)29-25(23)21-14-31(20-8-6-5-7-9-20)30-24(21)18-10-11-22-19(13-18)12-16(3)35-22/h5-11,13-16,25H,12H2,1-4H3,(H2,28,29,33)/t16-,25-/m0/s1. The third kappa shape index (κ3) is 4.39. The molecule has 0 aliphatic carbocycles. The van der Waals surface area contributed by atoms with E-state index in [1.807, 2.05) is 55.6 Å². The molecule has 2 aromatic carbocycles. The first kappa shape index (κ1) is 22.7. The quantitative estimate of drug-likeness (QED) is 0.536. The van der Waals surface area contributed by atoms with E-state index in [0.717, 1.165) is 29.0 Å². The van der Waals surface area contributed by atoms with Crippen LogP contribution in [-0.4, -0.2) is 34.0 Å². The summed E-state index contributed by atoms with van der Waals surface area (Å²) in [5, 5.41) is 10.5. The predicted octanol–water partition coefficient (Wildman–Crippen LogP) is 4.44. The van der Waals surface area contributed by atoms with E-state index < -0.39 is 12.0 Å². The van der Waals surface area contributed by atoms with E-state index in [9.17, 15) is 9.59 Å². The minimum absolute atomic E-state index is 0.119. The molecule has 1 aromatic heterocycles. The van der Waals surface area contributed by atoms with Crippen molar-refractivity contribution < 1.29 is 19.1 Å². The first-order valence-electron chi connectivity index (χ1n) is 11.7. The number of aromatic nitrogens is 2. The van der Waals surface area contributed by atoms with Crippen molar-refractivity contribution in [2.45, 2.75) is 52.4 Å². The number of fused-ring (bicyclic) bond motifs is 1. The summed E-state index contributed by atoms with van der Waals surface area (Å²) in [6.07, 6.45) is 2.50. The van der Waals surface area contributed by atoms with E-state index in [-0.39, 0.29) is 18.2 Å². The van der Waals surface area contributed by atoms with Gasteiger partial charge >= 0.3 is 12.0 Å². The van der Waals surface area contributed by atoms with Crippen molar-refractivity contribution in [1.82, 2.24) is 20.4 Å². The first-order valence-corrected chi connectivity index (χ1v) is 11.7. The molecule has 0 radical (unpaired) electrons. The molecule has 0 fully saturated rings. The van der Waals surface area contributed by atoms with Crippen LogP contribution in [-0.2, 0) is 16.0 Å². The summed E-state index contributed by atoms with van der Waals surface area (Å²) in [5.74, 6) is 0.391. The largest absolute Gasteiger partial charge is 0.490 e. The highest BCUT2D eigenvalue weighted by Crippen LogP contribution is 2.38. The second-order valence-electron chi connectivity index (χ2n) is 9.19. The summed E-state index contributed by atoms with van der Waals surface area (Å²) in [6.45, 7) is 7.34. The fourth-order valence-corrected chi connectivity index (χ4v) is 4.58. The number of amides is 2. The summed E-state index contributed by atoms with van der Waals surface area (Å²) < 4.78 is 13.2. The predicted molar refractivity (Wildman–Crippen MR) is 131 cm³/mol. The lowest BCUT2D eigenvalue weighted by Gasteiger charge is -2.28. The van der Waals surface area contributed by atoms with Crippen LogP contribution in [0.4, 0.5) is 4.79 Å². The number of carbonyl (C=O) groups excluding carboxylic acids is 2. The van der Waals surface area contributed by atoms with Gasteiger partial charge < -0.3 is 20.1 Å². The fraction of sp³-hybridized carbons (Fsp3) is 0.296. The maximum atomic E-state index is 13.1. The molecule has 2 aliphatic rings. The normalized spacial score (nSPS) is 19.2. The molecule has 180 valence electrons. The number of esters is 1. The number of nitrogens with zero attached hydrogens (tertiary/aromatic N) is 2. The molecular weight excluding hydrogens is 444 g/mol. The maximum absolute atomic E-state index is 13.1. The molecule has 8 nitrogen and oxygen atoms in total. The van der Waals surface area contributed by atoms with Crippen molar-refractivity contribution >= 4 is 12.0 Å². The summed E-state index contributed by atoms with van der Waals surface area (Å²) in [5.41, 5.74) is 5.04. The van der Waals surface area contributed by atoms with Gasteiger partial charge in [0.2, 0.25) is 0 Å². The van der Waals surface area contributed by atoms with Crippen LogP contribution < -0.4 is 15.4 Å². The average Bonchev–Trinajstić information content (AvgIpc) is 3.41. The number of urea groups is 1. The Bertz CT molecular complexity index is 1330. The zero-order chi connectivity index (χ0) is 24.7. The van der Waals surface area contributed by atoms with Crippen molar-refractivity contribution in [2.75, 3.05) is 0 Å². The van der Waals surface area contributed by atoms with Crippen molar-refractivity contribution in [1.29, 1.82) is 0 Å². The van der Waals surface area contributed by atoms with Crippen molar-refractivity contribution in [3.8, 4) is 22.7 Å². The highest BCUT2D eigenvalue weighted by Gasteiger charge is 2.36. The Morgan fingerprint density at radius 1 is 1.20 bits per heavy atom. The fourth-order valence-electron chi connectivity index (χ4n) is 4.58. The zero-order valence-corrected chi connectivity index (χ0v) is 20.2. The topological polar surface area (TPSA) is 94.5 Å². The summed E-state index contributed by atoms with van der Waals surface area (Å²) in [4.78, 5) is 25.6. The number of ether oxygens (including phenoxy) is 2. The highest BCUT2D eigenvalue weighted by atomic mass is 16.5. The lowest BCUT2D eigenvalue weighted by Crippen LogP contribution is -2.45. The molecular formula is C27H28N4O4. The third-order valence-electron chi connectivity index (χ3n) is 6.08.